The van der Waals surface area contributed by atoms with Crippen molar-refractivity contribution in [3.05, 3.63) is 0 Å². The molecule has 96 valence electrons. The highest BCUT2D eigenvalue weighted by Crippen LogP contribution is 2.00. The van der Waals surface area contributed by atoms with Crippen LogP contribution in [0.4, 0.5) is 0 Å². The number of sulfonamides is 1. The molecule has 8 heteroatoms. The van der Waals surface area contributed by atoms with Crippen LogP contribution in [0.25, 0.3) is 0 Å². The molecule has 0 spiro atoms. The van der Waals surface area contributed by atoms with Gasteiger partial charge in [0.1, 0.15) is 0 Å². The van der Waals surface area contributed by atoms with Crippen LogP contribution in [-0.4, -0.2) is 55.7 Å². The molecule has 0 aliphatic heterocycles. The van der Waals surface area contributed by atoms with E-state index in [4.69, 9.17) is 5.11 Å². The molecule has 16 heavy (non-hydrogen) atoms. The normalized spacial score (nSPS) is 15.5. The molecule has 0 aliphatic carbocycles. The number of aliphatic hydroxyl groups is 2. The second-order valence-electron chi connectivity index (χ2n) is 3.54. The van der Waals surface area contributed by atoms with E-state index in [1.54, 1.807) is 6.92 Å². The van der Waals surface area contributed by atoms with Crippen LogP contribution in [0.3, 0.4) is 0 Å². The number of hydrogen-bond donors (Lipinski definition) is 3. The largest absolute Gasteiger partial charge is 0.465 e. The fourth-order valence-electron chi connectivity index (χ4n) is 0.730. The molecular formula is C8H17NO6S. The standard InChI is InChI=1S/C8H17NO6S/c1-3-15-7(11)4-16(13,14)9-5-8(2,12)6-10/h9-10,12H,3-6H2,1-2H3. The van der Waals surface area contributed by atoms with Gasteiger partial charge in [0.05, 0.1) is 18.8 Å². The van der Waals surface area contributed by atoms with E-state index >= 15 is 0 Å². The van der Waals surface area contributed by atoms with Gasteiger partial charge in [-0.25, -0.2) is 13.1 Å². The van der Waals surface area contributed by atoms with Crippen molar-refractivity contribution in [3.8, 4) is 0 Å². The van der Waals surface area contributed by atoms with Gasteiger partial charge in [-0.1, -0.05) is 0 Å². The van der Waals surface area contributed by atoms with Gasteiger partial charge in [-0.05, 0) is 13.8 Å². The summed E-state index contributed by atoms with van der Waals surface area (Å²) < 4.78 is 29.0. The first-order chi connectivity index (χ1) is 7.22. The molecule has 0 saturated carbocycles. The van der Waals surface area contributed by atoms with Crippen molar-refractivity contribution >= 4 is 16.0 Å². The number of carbonyl (C=O) groups excluding carboxylic acids is 1. The van der Waals surface area contributed by atoms with E-state index < -0.39 is 34.0 Å². The third-order valence-electron chi connectivity index (χ3n) is 1.63. The summed E-state index contributed by atoms with van der Waals surface area (Å²) in [5.41, 5.74) is -1.55. The first kappa shape index (κ1) is 15.3. The number of carbonyl (C=O) groups is 1. The summed E-state index contributed by atoms with van der Waals surface area (Å²) in [7, 11) is -3.84. The molecule has 0 radical (unpaired) electrons. The molecule has 0 aromatic heterocycles. The van der Waals surface area contributed by atoms with Crippen LogP contribution < -0.4 is 4.72 Å². The molecule has 7 nitrogen and oxygen atoms in total. The van der Waals surface area contributed by atoms with Crippen LogP contribution in [0.5, 0.6) is 0 Å². The Morgan fingerprint density at radius 1 is 1.50 bits per heavy atom. The van der Waals surface area contributed by atoms with E-state index in [1.807, 2.05) is 4.72 Å². The van der Waals surface area contributed by atoms with Crippen LogP contribution in [0.1, 0.15) is 13.8 Å². The number of esters is 1. The molecule has 0 rings (SSSR count). The summed E-state index contributed by atoms with van der Waals surface area (Å²) in [5, 5.41) is 18.0. The molecule has 0 aromatic carbocycles. The van der Waals surface area contributed by atoms with E-state index in [9.17, 15) is 18.3 Å². The van der Waals surface area contributed by atoms with Gasteiger partial charge in [0.15, 0.2) is 5.75 Å². The van der Waals surface area contributed by atoms with Gasteiger partial charge in [0, 0.05) is 6.54 Å². The molecule has 3 N–H and O–H groups in total. The van der Waals surface area contributed by atoms with E-state index in [1.165, 1.54) is 6.92 Å². The van der Waals surface area contributed by atoms with E-state index in [0.29, 0.717) is 0 Å². The van der Waals surface area contributed by atoms with E-state index in [-0.39, 0.29) is 13.2 Å². The molecule has 0 amide bonds. The minimum atomic E-state index is -3.84. The molecule has 1 atom stereocenters. The second kappa shape index (κ2) is 6.14. The number of ether oxygens (including phenoxy) is 1. The van der Waals surface area contributed by atoms with Gasteiger partial charge in [-0.15, -0.1) is 0 Å². The molecule has 0 aliphatic rings. The smallest absolute Gasteiger partial charge is 0.322 e. The van der Waals surface area contributed by atoms with Crippen LogP contribution in [-0.2, 0) is 19.6 Å². The number of aliphatic hydroxyl groups excluding tert-OH is 1. The van der Waals surface area contributed by atoms with Gasteiger partial charge >= 0.3 is 5.97 Å². The zero-order valence-electron chi connectivity index (χ0n) is 9.26. The summed E-state index contributed by atoms with van der Waals surface area (Å²) in [5.74, 6) is -1.67. The highest BCUT2D eigenvalue weighted by atomic mass is 32.2. The fourth-order valence-corrected chi connectivity index (χ4v) is 1.76. The maximum absolute atomic E-state index is 11.3. The first-order valence-electron chi connectivity index (χ1n) is 4.68. The zero-order chi connectivity index (χ0) is 12.8. The third-order valence-corrected chi connectivity index (χ3v) is 2.83. The quantitative estimate of drug-likeness (QED) is 0.463. The summed E-state index contributed by atoms with van der Waals surface area (Å²) in [6, 6.07) is 0. The predicted octanol–water partition coefficient (Wildman–Crippen LogP) is -1.79. The molecule has 1 unspecified atom stereocenters. The Morgan fingerprint density at radius 2 is 2.06 bits per heavy atom. The zero-order valence-corrected chi connectivity index (χ0v) is 10.1. The number of rotatable bonds is 7. The molecule has 0 saturated heterocycles. The Bertz CT molecular complexity index is 323. The highest BCUT2D eigenvalue weighted by molar-refractivity contribution is 7.90. The van der Waals surface area contributed by atoms with E-state index in [2.05, 4.69) is 4.74 Å². The Balaban J connectivity index is 4.21. The Kier molecular flexibility index (Phi) is 5.87. The lowest BCUT2D eigenvalue weighted by Crippen LogP contribution is -2.44. The van der Waals surface area contributed by atoms with Crippen molar-refractivity contribution in [2.75, 3.05) is 25.5 Å². The lowest BCUT2D eigenvalue weighted by Gasteiger charge is -2.20. The average Bonchev–Trinajstić information content (AvgIpc) is 2.15. The lowest BCUT2D eigenvalue weighted by molar-refractivity contribution is -0.139. The molecule has 0 fully saturated rings. The molecule has 0 aromatic rings. The summed E-state index contributed by atoms with van der Waals surface area (Å²) in [6.07, 6.45) is 0. The number of hydrogen-bond acceptors (Lipinski definition) is 6. The van der Waals surface area contributed by atoms with Gasteiger partial charge < -0.3 is 14.9 Å². The van der Waals surface area contributed by atoms with Gasteiger partial charge in [0.2, 0.25) is 10.0 Å². The van der Waals surface area contributed by atoms with Gasteiger partial charge in [0.25, 0.3) is 0 Å². The highest BCUT2D eigenvalue weighted by Gasteiger charge is 2.24. The minimum absolute atomic E-state index is 0.0999. The van der Waals surface area contributed by atoms with Crippen LogP contribution in [0, 0.1) is 0 Å². The summed E-state index contributed by atoms with van der Waals surface area (Å²) in [6.45, 7) is 1.97. The number of nitrogens with one attached hydrogen (secondary N) is 1. The maximum atomic E-state index is 11.3. The fraction of sp³-hybridized carbons (Fsp3) is 0.875. The summed E-state index contributed by atoms with van der Waals surface area (Å²) >= 11 is 0. The maximum Gasteiger partial charge on any atom is 0.322 e. The van der Waals surface area contributed by atoms with Gasteiger partial charge in [-0.3, -0.25) is 4.79 Å². The average molecular weight is 255 g/mol. The van der Waals surface area contributed by atoms with Crippen molar-refractivity contribution in [1.29, 1.82) is 0 Å². The monoisotopic (exact) mass is 255 g/mol. The van der Waals surface area contributed by atoms with Crippen LogP contribution in [0.2, 0.25) is 0 Å². The Labute approximate surface area is 94.5 Å². The summed E-state index contributed by atoms with van der Waals surface area (Å²) in [4.78, 5) is 10.9. The predicted molar refractivity (Wildman–Crippen MR) is 56.1 cm³/mol. The van der Waals surface area contributed by atoms with Crippen molar-refractivity contribution in [3.63, 3.8) is 0 Å². The van der Waals surface area contributed by atoms with Crippen LogP contribution >= 0.6 is 0 Å². The Hall–Kier alpha value is -0.700. The van der Waals surface area contributed by atoms with Crippen molar-refractivity contribution in [2.45, 2.75) is 19.4 Å². The minimum Gasteiger partial charge on any atom is -0.465 e. The molecule has 0 heterocycles. The van der Waals surface area contributed by atoms with Crippen molar-refractivity contribution < 1.29 is 28.2 Å². The van der Waals surface area contributed by atoms with Gasteiger partial charge in [-0.2, -0.15) is 0 Å². The second-order valence-corrected chi connectivity index (χ2v) is 5.35. The van der Waals surface area contributed by atoms with Crippen molar-refractivity contribution in [2.24, 2.45) is 0 Å². The third kappa shape index (κ3) is 6.72. The Morgan fingerprint density at radius 3 is 2.50 bits per heavy atom. The lowest BCUT2D eigenvalue weighted by atomic mass is 10.1. The van der Waals surface area contributed by atoms with Crippen LogP contribution in [0.15, 0.2) is 0 Å². The molecule has 0 bridgehead atoms. The first-order valence-corrected chi connectivity index (χ1v) is 6.34. The van der Waals surface area contributed by atoms with Crippen molar-refractivity contribution in [1.82, 2.24) is 4.72 Å². The van der Waals surface area contributed by atoms with E-state index in [0.717, 1.165) is 0 Å². The molecular weight excluding hydrogens is 238 g/mol. The SMILES string of the molecule is CCOC(=O)CS(=O)(=O)NCC(C)(O)CO. The topological polar surface area (TPSA) is 113 Å².